The van der Waals surface area contributed by atoms with Crippen LogP contribution in [0.5, 0.6) is 0 Å². The Morgan fingerprint density at radius 1 is 1.05 bits per heavy atom. The number of hydrogen-bond acceptors (Lipinski definition) is 1. The predicted octanol–water partition coefficient (Wildman–Crippen LogP) is 5.17. The van der Waals surface area contributed by atoms with Crippen molar-refractivity contribution in [1.29, 1.82) is 0 Å². The first kappa shape index (κ1) is 13.3. The summed E-state index contributed by atoms with van der Waals surface area (Å²) in [5.41, 5.74) is 2.02. The molecule has 108 valence electrons. The molecule has 20 heavy (non-hydrogen) atoms. The molecule has 0 aromatic carbocycles. The third kappa shape index (κ3) is 2.06. The fraction of sp³-hybridized carbons (Fsp3) is 0.722. The summed E-state index contributed by atoms with van der Waals surface area (Å²) in [6.45, 7) is 2.40. The molecule has 2 unspecified atom stereocenters. The summed E-state index contributed by atoms with van der Waals surface area (Å²) in [5, 5.41) is 0. The first-order chi connectivity index (χ1) is 9.66. The summed E-state index contributed by atoms with van der Waals surface area (Å²) in [7, 11) is 0. The molecule has 5 rings (SSSR count). The van der Waals surface area contributed by atoms with Crippen molar-refractivity contribution in [2.45, 2.75) is 56.2 Å². The molecule has 1 aromatic rings. The van der Waals surface area contributed by atoms with E-state index in [9.17, 15) is 0 Å². The topological polar surface area (TPSA) is 12.9 Å². The van der Waals surface area contributed by atoms with Crippen molar-refractivity contribution < 1.29 is 0 Å². The lowest BCUT2D eigenvalue weighted by molar-refractivity contribution is -0.0549. The molecule has 1 nitrogen and oxygen atoms in total. The van der Waals surface area contributed by atoms with E-state index >= 15 is 0 Å². The molecule has 0 aliphatic heterocycles. The van der Waals surface area contributed by atoms with E-state index in [2.05, 4.69) is 40.0 Å². The fourth-order valence-electron chi connectivity index (χ4n) is 5.88. The van der Waals surface area contributed by atoms with Crippen LogP contribution < -0.4 is 0 Å². The molecule has 2 heteroatoms. The van der Waals surface area contributed by atoms with Crippen LogP contribution in [0.3, 0.4) is 0 Å². The third-order valence-corrected chi connectivity index (χ3v) is 8.11. The normalized spacial score (nSPS) is 41.6. The summed E-state index contributed by atoms with van der Waals surface area (Å²) in [4.78, 5) is 4.79. The molecule has 4 bridgehead atoms. The lowest BCUT2D eigenvalue weighted by Gasteiger charge is -2.59. The van der Waals surface area contributed by atoms with Gasteiger partial charge < -0.3 is 0 Å². The lowest BCUT2D eigenvalue weighted by Crippen LogP contribution is -2.51. The highest BCUT2D eigenvalue weighted by molar-refractivity contribution is 9.09. The SMILES string of the molecule is CC(c1ccncc1)C(Br)C12CC3CC(CC(C3)C1)C2. The van der Waals surface area contributed by atoms with Crippen LogP contribution >= 0.6 is 15.9 Å². The molecule has 4 aliphatic rings. The second-order valence-corrected chi connectivity index (χ2v) is 8.74. The van der Waals surface area contributed by atoms with Crippen molar-refractivity contribution >= 4 is 15.9 Å². The van der Waals surface area contributed by atoms with Gasteiger partial charge in [0, 0.05) is 17.2 Å². The highest BCUT2D eigenvalue weighted by Crippen LogP contribution is 2.64. The van der Waals surface area contributed by atoms with Crippen molar-refractivity contribution in [3.05, 3.63) is 30.1 Å². The van der Waals surface area contributed by atoms with Crippen LogP contribution in [0.25, 0.3) is 0 Å². The standard InChI is InChI=1S/C18H24BrN/c1-12(16-2-4-20-5-3-16)17(19)18-9-13-6-14(10-18)8-15(7-13)11-18/h2-5,12-15,17H,6-11H2,1H3. The summed E-state index contributed by atoms with van der Waals surface area (Å²) >= 11 is 4.15. The summed E-state index contributed by atoms with van der Waals surface area (Å²) in [6, 6.07) is 4.39. The van der Waals surface area contributed by atoms with Crippen LogP contribution in [-0.2, 0) is 0 Å². The van der Waals surface area contributed by atoms with Gasteiger partial charge in [0.1, 0.15) is 0 Å². The summed E-state index contributed by atoms with van der Waals surface area (Å²) < 4.78 is 0. The van der Waals surface area contributed by atoms with Crippen LogP contribution in [-0.4, -0.2) is 9.81 Å². The van der Waals surface area contributed by atoms with Crippen molar-refractivity contribution in [2.24, 2.45) is 23.2 Å². The zero-order valence-electron chi connectivity index (χ0n) is 12.3. The molecular weight excluding hydrogens is 310 g/mol. The largest absolute Gasteiger partial charge is 0.265 e. The lowest BCUT2D eigenvalue weighted by atomic mass is 9.48. The van der Waals surface area contributed by atoms with E-state index in [0.29, 0.717) is 16.2 Å². The van der Waals surface area contributed by atoms with Gasteiger partial charge in [-0.1, -0.05) is 22.9 Å². The Kier molecular flexibility index (Phi) is 3.21. The number of halogens is 1. The average Bonchev–Trinajstić information content (AvgIpc) is 2.45. The zero-order valence-corrected chi connectivity index (χ0v) is 13.8. The van der Waals surface area contributed by atoms with Crippen LogP contribution in [0.2, 0.25) is 0 Å². The van der Waals surface area contributed by atoms with Gasteiger partial charge in [-0.25, -0.2) is 0 Å². The molecular formula is C18H24BrN. The van der Waals surface area contributed by atoms with E-state index in [0.717, 1.165) is 17.8 Å². The minimum absolute atomic E-state index is 0.581. The molecule has 0 spiro atoms. The van der Waals surface area contributed by atoms with Gasteiger partial charge in [0.2, 0.25) is 0 Å². The first-order valence-electron chi connectivity index (χ1n) is 8.20. The molecule has 4 saturated carbocycles. The maximum atomic E-state index is 4.16. The number of alkyl halides is 1. The highest BCUT2D eigenvalue weighted by Gasteiger charge is 2.54. The molecule has 0 saturated heterocycles. The Balaban J connectivity index is 1.60. The van der Waals surface area contributed by atoms with E-state index in [1.165, 1.54) is 44.1 Å². The monoisotopic (exact) mass is 333 g/mol. The van der Waals surface area contributed by atoms with Gasteiger partial charge in [-0.2, -0.15) is 0 Å². The Morgan fingerprint density at radius 2 is 1.55 bits per heavy atom. The van der Waals surface area contributed by atoms with E-state index in [1.54, 1.807) is 0 Å². The average molecular weight is 334 g/mol. The van der Waals surface area contributed by atoms with Crippen LogP contribution in [0.15, 0.2) is 24.5 Å². The maximum Gasteiger partial charge on any atom is 0.0270 e. The molecule has 0 amide bonds. The number of nitrogens with zero attached hydrogens (tertiary/aromatic N) is 1. The third-order valence-electron chi connectivity index (χ3n) is 6.34. The smallest absolute Gasteiger partial charge is 0.0270 e. The van der Waals surface area contributed by atoms with Crippen molar-refractivity contribution in [1.82, 2.24) is 4.98 Å². The summed E-state index contributed by atoms with van der Waals surface area (Å²) in [5.74, 6) is 3.69. The minimum Gasteiger partial charge on any atom is -0.265 e. The zero-order chi connectivity index (χ0) is 13.7. The Morgan fingerprint density at radius 3 is 2.05 bits per heavy atom. The number of rotatable bonds is 3. The quantitative estimate of drug-likeness (QED) is 0.695. The molecule has 4 aliphatic carbocycles. The van der Waals surface area contributed by atoms with Gasteiger partial charge in [-0.15, -0.1) is 0 Å². The van der Waals surface area contributed by atoms with Gasteiger partial charge in [0.25, 0.3) is 0 Å². The molecule has 0 radical (unpaired) electrons. The Hall–Kier alpha value is -0.370. The van der Waals surface area contributed by atoms with Gasteiger partial charge in [-0.05, 0) is 85.3 Å². The van der Waals surface area contributed by atoms with Crippen LogP contribution in [0, 0.1) is 23.2 Å². The first-order valence-corrected chi connectivity index (χ1v) is 9.12. The van der Waals surface area contributed by atoms with E-state index < -0.39 is 0 Å². The molecule has 4 fully saturated rings. The maximum absolute atomic E-state index is 4.16. The van der Waals surface area contributed by atoms with Crippen LogP contribution in [0.4, 0.5) is 0 Å². The van der Waals surface area contributed by atoms with Gasteiger partial charge >= 0.3 is 0 Å². The Labute approximate surface area is 130 Å². The Bertz CT molecular complexity index is 448. The molecule has 2 atom stereocenters. The summed E-state index contributed by atoms with van der Waals surface area (Å²) in [6.07, 6.45) is 12.9. The number of pyridine rings is 1. The van der Waals surface area contributed by atoms with Gasteiger partial charge in [0.05, 0.1) is 0 Å². The highest BCUT2D eigenvalue weighted by atomic mass is 79.9. The van der Waals surface area contributed by atoms with Gasteiger partial charge in [0.15, 0.2) is 0 Å². The number of aromatic nitrogens is 1. The van der Waals surface area contributed by atoms with Crippen molar-refractivity contribution in [2.75, 3.05) is 0 Å². The molecule has 0 N–H and O–H groups in total. The van der Waals surface area contributed by atoms with Crippen molar-refractivity contribution in [3.63, 3.8) is 0 Å². The number of hydrogen-bond donors (Lipinski definition) is 0. The predicted molar refractivity (Wildman–Crippen MR) is 86.0 cm³/mol. The van der Waals surface area contributed by atoms with Crippen LogP contribution in [0.1, 0.15) is 56.9 Å². The minimum atomic E-state index is 0.581. The molecule has 1 aromatic heterocycles. The van der Waals surface area contributed by atoms with E-state index in [-0.39, 0.29) is 0 Å². The van der Waals surface area contributed by atoms with E-state index in [1.807, 2.05) is 12.4 Å². The fourth-order valence-corrected chi connectivity index (χ4v) is 6.75. The second-order valence-electron chi connectivity index (χ2n) is 7.75. The molecule has 1 heterocycles. The van der Waals surface area contributed by atoms with Crippen molar-refractivity contribution in [3.8, 4) is 0 Å². The second kappa shape index (κ2) is 4.83. The van der Waals surface area contributed by atoms with Gasteiger partial charge in [-0.3, -0.25) is 4.98 Å². The van der Waals surface area contributed by atoms with E-state index in [4.69, 9.17) is 0 Å².